The Balaban J connectivity index is 2.08. The van der Waals surface area contributed by atoms with Gasteiger partial charge in [-0.1, -0.05) is 24.0 Å². The summed E-state index contributed by atoms with van der Waals surface area (Å²) in [6, 6.07) is 0. The number of rotatable bonds is 0. The second-order valence-electron chi connectivity index (χ2n) is 5.11. The molecule has 0 radical (unpaired) electrons. The van der Waals surface area contributed by atoms with E-state index in [4.69, 9.17) is 0 Å². The summed E-state index contributed by atoms with van der Waals surface area (Å²) in [6.07, 6.45) is 8.55. The van der Waals surface area contributed by atoms with Gasteiger partial charge >= 0.3 is 0 Å². The van der Waals surface area contributed by atoms with Gasteiger partial charge in [-0.25, -0.2) is 8.42 Å². The standard InChI is InChI=1S/C12H18O2S/c13-15(14)11-7-3-1-5-9(11)10-6-2-4-8-12(10)15/h11-12H,1-8H2. The SMILES string of the molecule is O=S1(=O)C2CCCCC2=C2CCCCC21. The fraction of sp³-hybridized carbons (Fsp3) is 0.833. The van der Waals surface area contributed by atoms with Crippen LogP contribution in [-0.4, -0.2) is 18.9 Å². The Labute approximate surface area is 91.7 Å². The minimum absolute atomic E-state index is 0.0654. The Hall–Kier alpha value is -0.310. The van der Waals surface area contributed by atoms with Crippen LogP contribution in [-0.2, 0) is 9.84 Å². The maximum absolute atomic E-state index is 12.3. The molecule has 3 aliphatic rings. The maximum Gasteiger partial charge on any atom is 0.163 e. The third-order valence-corrected chi connectivity index (χ3v) is 6.93. The number of fused-ring (bicyclic) bond motifs is 2. The van der Waals surface area contributed by atoms with Gasteiger partial charge in [-0.15, -0.1) is 0 Å². The zero-order valence-corrected chi connectivity index (χ0v) is 9.85. The van der Waals surface area contributed by atoms with Crippen molar-refractivity contribution in [3.8, 4) is 0 Å². The lowest BCUT2D eigenvalue weighted by Gasteiger charge is -2.20. The van der Waals surface area contributed by atoms with Crippen molar-refractivity contribution in [2.24, 2.45) is 0 Å². The summed E-state index contributed by atoms with van der Waals surface area (Å²) in [4.78, 5) is 0. The highest BCUT2D eigenvalue weighted by molar-refractivity contribution is 7.93. The molecule has 2 saturated carbocycles. The zero-order chi connectivity index (χ0) is 10.5. The van der Waals surface area contributed by atoms with Gasteiger partial charge in [0.1, 0.15) is 0 Å². The van der Waals surface area contributed by atoms with Crippen molar-refractivity contribution in [3.63, 3.8) is 0 Å². The molecule has 15 heavy (non-hydrogen) atoms. The summed E-state index contributed by atoms with van der Waals surface area (Å²) in [6.45, 7) is 0. The second kappa shape index (κ2) is 3.34. The monoisotopic (exact) mass is 226 g/mol. The molecule has 2 aliphatic carbocycles. The van der Waals surface area contributed by atoms with Crippen molar-refractivity contribution < 1.29 is 8.42 Å². The van der Waals surface area contributed by atoms with E-state index in [9.17, 15) is 8.42 Å². The highest BCUT2D eigenvalue weighted by Crippen LogP contribution is 2.46. The van der Waals surface area contributed by atoms with Gasteiger partial charge in [0.05, 0.1) is 10.5 Å². The summed E-state index contributed by atoms with van der Waals surface area (Å²) in [5.74, 6) is 0. The first-order valence-corrected chi connectivity index (χ1v) is 7.77. The molecule has 0 spiro atoms. The van der Waals surface area contributed by atoms with Crippen LogP contribution in [0.25, 0.3) is 0 Å². The van der Waals surface area contributed by atoms with E-state index in [-0.39, 0.29) is 10.5 Å². The van der Waals surface area contributed by atoms with Crippen LogP contribution in [0.15, 0.2) is 11.1 Å². The van der Waals surface area contributed by atoms with Crippen molar-refractivity contribution in [2.75, 3.05) is 0 Å². The molecule has 0 amide bonds. The van der Waals surface area contributed by atoms with Crippen molar-refractivity contribution >= 4 is 9.84 Å². The van der Waals surface area contributed by atoms with E-state index in [1.54, 1.807) is 0 Å². The molecular weight excluding hydrogens is 208 g/mol. The summed E-state index contributed by atoms with van der Waals surface area (Å²) in [5, 5.41) is -0.131. The highest BCUT2D eigenvalue weighted by Gasteiger charge is 2.47. The quantitative estimate of drug-likeness (QED) is 0.595. The normalized spacial score (nSPS) is 38.7. The second-order valence-corrected chi connectivity index (χ2v) is 7.42. The van der Waals surface area contributed by atoms with Gasteiger partial charge in [0.2, 0.25) is 0 Å². The van der Waals surface area contributed by atoms with Crippen molar-refractivity contribution in [1.29, 1.82) is 0 Å². The molecule has 1 aliphatic heterocycles. The fourth-order valence-corrected chi connectivity index (χ4v) is 6.34. The zero-order valence-electron chi connectivity index (χ0n) is 9.04. The summed E-state index contributed by atoms with van der Waals surface area (Å²) in [7, 11) is -2.82. The van der Waals surface area contributed by atoms with Crippen LogP contribution >= 0.6 is 0 Å². The third kappa shape index (κ3) is 1.32. The van der Waals surface area contributed by atoms with Crippen LogP contribution in [0.4, 0.5) is 0 Å². The molecule has 3 heteroatoms. The first kappa shape index (κ1) is 9.88. The molecule has 1 heterocycles. The van der Waals surface area contributed by atoms with Gasteiger partial charge in [-0.2, -0.15) is 0 Å². The smallest absolute Gasteiger partial charge is 0.163 e. The van der Waals surface area contributed by atoms with E-state index in [1.807, 2.05) is 0 Å². The Bertz CT molecular complexity index is 373. The predicted molar refractivity (Wildman–Crippen MR) is 60.5 cm³/mol. The van der Waals surface area contributed by atoms with E-state index in [0.29, 0.717) is 0 Å². The van der Waals surface area contributed by atoms with Crippen molar-refractivity contribution in [1.82, 2.24) is 0 Å². The topological polar surface area (TPSA) is 34.1 Å². The molecular formula is C12H18O2S. The third-order valence-electron chi connectivity index (χ3n) is 4.31. The number of sulfone groups is 1. The van der Waals surface area contributed by atoms with Crippen LogP contribution in [0.1, 0.15) is 51.4 Å². The Kier molecular flexibility index (Phi) is 2.20. The fourth-order valence-electron chi connectivity index (χ4n) is 3.62. The van der Waals surface area contributed by atoms with Gasteiger partial charge in [0.15, 0.2) is 9.84 Å². The summed E-state index contributed by atoms with van der Waals surface area (Å²) in [5.41, 5.74) is 2.68. The molecule has 2 nitrogen and oxygen atoms in total. The molecule has 2 unspecified atom stereocenters. The lowest BCUT2D eigenvalue weighted by Crippen LogP contribution is -2.28. The minimum atomic E-state index is -2.82. The van der Waals surface area contributed by atoms with E-state index in [0.717, 1.165) is 38.5 Å². The molecule has 2 fully saturated rings. The molecule has 3 rings (SSSR count). The molecule has 0 aromatic carbocycles. The van der Waals surface area contributed by atoms with Crippen LogP contribution in [0.5, 0.6) is 0 Å². The van der Waals surface area contributed by atoms with Gasteiger partial charge in [-0.05, 0) is 38.5 Å². The molecule has 0 N–H and O–H groups in total. The van der Waals surface area contributed by atoms with Crippen LogP contribution < -0.4 is 0 Å². The van der Waals surface area contributed by atoms with E-state index in [1.165, 1.54) is 24.0 Å². The first-order valence-electron chi connectivity index (χ1n) is 6.16. The number of hydrogen-bond donors (Lipinski definition) is 0. The Morgan fingerprint density at radius 1 is 0.800 bits per heavy atom. The van der Waals surface area contributed by atoms with Crippen LogP contribution in [0.3, 0.4) is 0 Å². The molecule has 2 atom stereocenters. The predicted octanol–water partition coefficient (Wildman–Crippen LogP) is 2.60. The van der Waals surface area contributed by atoms with Crippen LogP contribution in [0.2, 0.25) is 0 Å². The van der Waals surface area contributed by atoms with Gasteiger partial charge in [0, 0.05) is 0 Å². The van der Waals surface area contributed by atoms with Gasteiger partial charge in [-0.3, -0.25) is 0 Å². The lowest BCUT2D eigenvalue weighted by atomic mass is 9.84. The van der Waals surface area contributed by atoms with Gasteiger partial charge < -0.3 is 0 Å². The van der Waals surface area contributed by atoms with Crippen LogP contribution in [0, 0.1) is 0 Å². The Morgan fingerprint density at radius 2 is 1.27 bits per heavy atom. The first-order chi connectivity index (χ1) is 7.21. The molecule has 0 saturated heterocycles. The Morgan fingerprint density at radius 3 is 1.73 bits per heavy atom. The van der Waals surface area contributed by atoms with E-state index in [2.05, 4.69) is 0 Å². The molecule has 84 valence electrons. The highest BCUT2D eigenvalue weighted by atomic mass is 32.2. The molecule has 0 aromatic rings. The van der Waals surface area contributed by atoms with Crippen molar-refractivity contribution in [2.45, 2.75) is 61.9 Å². The largest absolute Gasteiger partial charge is 0.228 e. The van der Waals surface area contributed by atoms with E-state index >= 15 is 0 Å². The lowest BCUT2D eigenvalue weighted by molar-refractivity contribution is 0.546. The number of hydrogen-bond acceptors (Lipinski definition) is 2. The maximum atomic E-state index is 12.3. The average molecular weight is 226 g/mol. The molecule has 0 bridgehead atoms. The van der Waals surface area contributed by atoms with Gasteiger partial charge in [0.25, 0.3) is 0 Å². The van der Waals surface area contributed by atoms with Crippen molar-refractivity contribution in [3.05, 3.63) is 11.1 Å². The summed E-state index contributed by atoms with van der Waals surface area (Å²) >= 11 is 0. The van der Waals surface area contributed by atoms with E-state index < -0.39 is 9.84 Å². The average Bonchev–Trinajstić information content (AvgIpc) is 2.51. The summed E-state index contributed by atoms with van der Waals surface area (Å²) < 4.78 is 24.6. The minimum Gasteiger partial charge on any atom is -0.228 e. The molecule has 0 aromatic heterocycles.